The molecular formula is C14H10Cl5N3. The number of rotatable bonds is 2. The molecule has 3 rings (SSSR count). The molecule has 0 aliphatic rings. The summed E-state index contributed by atoms with van der Waals surface area (Å²) >= 11 is 17.7. The van der Waals surface area contributed by atoms with E-state index in [1.165, 1.54) is 0 Å². The molecule has 2 heterocycles. The highest BCUT2D eigenvalue weighted by Crippen LogP contribution is 2.28. The summed E-state index contributed by atoms with van der Waals surface area (Å²) in [6.07, 6.45) is 3.48. The van der Waals surface area contributed by atoms with Crippen LogP contribution in [0.15, 0.2) is 42.7 Å². The van der Waals surface area contributed by atoms with Crippen LogP contribution in [0.25, 0.3) is 22.6 Å². The van der Waals surface area contributed by atoms with Gasteiger partial charge in [-0.05, 0) is 24.3 Å². The molecule has 0 saturated carbocycles. The van der Waals surface area contributed by atoms with Crippen molar-refractivity contribution in [2.75, 3.05) is 0 Å². The lowest BCUT2D eigenvalue weighted by molar-refractivity contribution is 1.26. The predicted octanol–water partition coefficient (Wildman–Crippen LogP) is 5.94. The molecule has 0 atom stereocenters. The quantitative estimate of drug-likeness (QED) is 0.544. The zero-order valence-electron chi connectivity index (χ0n) is 10.9. The maximum Gasteiger partial charge on any atom is 0.139 e. The third kappa shape index (κ3) is 4.06. The summed E-state index contributed by atoms with van der Waals surface area (Å²) in [4.78, 5) is 11.6. The van der Waals surface area contributed by atoms with E-state index < -0.39 is 0 Å². The van der Waals surface area contributed by atoms with Crippen LogP contribution in [-0.4, -0.2) is 15.0 Å². The van der Waals surface area contributed by atoms with Gasteiger partial charge in [0.05, 0.1) is 15.7 Å². The maximum atomic E-state index is 6.01. The number of nitrogens with zero attached hydrogens (tertiary/aromatic N) is 2. The molecule has 0 unspecified atom stereocenters. The van der Waals surface area contributed by atoms with Gasteiger partial charge < -0.3 is 4.98 Å². The fraction of sp³-hybridized carbons (Fsp3) is 0. The van der Waals surface area contributed by atoms with E-state index in [4.69, 9.17) is 34.8 Å². The van der Waals surface area contributed by atoms with Gasteiger partial charge in [-0.2, -0.15) is 0 Å². The molecule has 8 heteroatoms. The van der Waals surface area contributed by atoms with Crippen LogP contribution in [0.4, 0.5) is 0 Å². The zero-order valence-corrected chi connectivity index (χ0v) is 14.8. The van der Waals surface area contributed by atoms with E-state index in [1.807, 2.05) is 18.3 Å². The van der Waals surface area contributed by atoms with Crippen molar-refractivity contribution in [3.8, 4) is 22.6 Å². The first-order chi connectivity index (χ1) is 9.63. The molecular weight excluding hydrogens is 387 g/mol. The third-order valence-electron chi connectivity index (χ3n) is 2.79. The lowest BCUT2D eigenvalue weighted by atomic mass is 10.2. The molecule has 0 amide bonds. The third-order valence-corrected chi connectivity index (χ3v) is 3.76. The standard InChI is InChI=1S/C14H8Cl3N3.2ClH/c15-10-3-1-8(5-11(10)16)12-7-19-14(20-12)9-2-4-13(17)18-6-9;;/h1-7H,(H,19,20);2*1H. The van der Waals surface area contributed by atoms with Crippen molar-refractivity contribution in [3.63, 3.8) is 0 Å². The maximum absolute atomic E-state index is 6.01. The van der Waals surface area contributed by atoms with Crippen molar-refractivity contribution >= 4 is 59.6 Å². The number of halogens is 5. The monoisotopic (exact) mass is 395 g/mol. The van der Waals surface area contributed by atoms with Crippen molar-refractivity contribution in [1.82, 2.24) is 15.0 Å². The number of hydrogen-bond acceptors (Lipinski definition) is 2. The summed E-state index contributed by atoms with van der Waals surface area (Å²) in [5.41, 5.74) is 2.54. The van der Waals surface area contributed by atoms with E-state index in [-0.39, 0.29) is 24.8 Å². The highest BCUT2D eigenvalue weighted by molar-refractivity contribution is 6.42. The highest BCUT2D eigenvalue weighted by Gasteiger charge is 2.08. The second-order valence-corrected chi connectivity index (χ2v) is 5.33. The summed E-state index contributed by atoms with van der Waals surface area (Å²) in [7, 11) is 0. The van der Waals surface area contributed by atoms with E-state index >= 15 is 0 Å². The van der Waals surface area contributed by atoms with Crippen LogP contribution in [0, 0.1) is 0 Å². The average molecular weight is 398 g/mol. The van der Waals surface area contributed by atoms with Crippen LogP contribution < -0.4 is 0 Å². The van der Waals surface area contributed by atoms with Crippen LogP contribution in [0.3, 0.4) is 0 Å². The number of aromatic nitrogens is 3. The second kappa shape index (κ2) is 8.04. The Balaban J connectivity index is 0.00000121. The van der Waals surface area contributed by atoms with E-state index in [2.05, 4.69) is 15.0 Å². The Hall–Kier alpha value is -0.970. The summed E-state index contributed by atoms with van der Waals surface area (Å²) in [5, 5.41) is 1.47. The van der Waals surface area contributed by atoms with E-state index in [9.17, 15) is 0 Å². The lowest BCUT2D eigenvalue weighted by Crippen LogP contribution is -1.83. The predicted molar refractivity (Wildman–Crippen MR) is 96.8 cm³/mol. The van der Waals surface area contributed by atoms with Crippen molar-refractivity contribution < 1.29 is 0 Å². The molecule has 0 saturated heterocycles. The molecule has 22 heavy (non-hydrogen) atoms. The van der Waals surface area contributed by atoms with Gasteiger partial charge in [0.1, 0.15) is 11.0 Å². The minimum atomic E-state index is 0. The van der Waals surface area contributed by atoms with Gasteiger partial charge in [-0.15, -0.1) is 24.8 Å². The van der Waals surface area contributed by atoms with Crippen LogP contribution in [-0.2, 0) is 0 Å². The normalized spacial score (nSPS) is 9.77. The van der Waals surface area contributed by atoms with Crippen LogP contribution in [0.2, 0.25) is 15.2 Å². The molecule has 0 aliphatic carbocycles. The molecule has 0 spiro atoms. The van der Waals surface area contributed by atoms with Gasteiger partial charge in [0.25, 0.3) is 0 Å². The Kier molecular flexibility index (Phi) is 6.98. The fourth-order valence-electron chi connectivity index (χ4n) is 1.79. The molecule has 0 aliphatic heterocycles. The molecule has 2 aromatic heterocycles. The Morgan fingerprint density at radius 3 is 2.23 bits per heavy atom. The number of H-pyrrole nitrogens is 1. The van der Waals surface area contributed by atoms with Gasteiger partial charge in [0, 0.05) is 23.5 Å². The van der Waals surface area contributed by atoms with E-state index in [1.54, 1.807) is 24.4 Å². The molecule has 1 aromatic carbocycles. The Bertz CT molecular complexity index is 755. The number of benzene rings is 1. The van der Waals surface area contributed by atoms with Gasteiger partial charge in [-0.1, -0.05) is 40.9 Å². The molecule has 116 valence electrons. The molecule has 0 fully saturated rings. The number of hydrogen-bond donors (Lipinski definition) is 1. The van der Waals surface area contributed by atoms with Gasteiger partial charge in [-0.25, -0.2) is 9.97 Å². The summed E-state index contributed by atoms with van der Waals surface area (Å²) in [5.74, 6) is 0.718. The number of nitrogens with one attached hydrogen (secondary N) is 1. The SMILES string of the molecule is Cl.Cl.Clc1ccc(-c2nc(-c3ccc(Cl)c(Cl)c3)c[nH]2)cn1. The van der Waals surface area contributed by atoms with Crippen molar-refractivity contribution in [1.29, 1.82) is 0 Å². The Morgan fingerprint density at radius 2 is 1.59 bits per heavy atom. The summed E-state index contributed by atoms with van der Waals surface area (Å²) in [6, 6.07) is 8.97. The first kappa shape index (κ1) is 19.1. The molecule has 3 aromatic rings. The molecule has 1 N–H and O–H groups in total. The van der Waals surface area contributed by atoms with E-state index in [0.29, 0.717) is 15.2 Å². The summed E-state index contributed by atoms with van der Waals surface area (Å²) < 4.78 is 0. The fourth-order valence-corrected chi connectivity index (χ4v) is 2.20. The largest absolute Gasteiger partial charge is 0.344 e. The second-order valence-electron chi connectivity index (χ2n) is 4.13. The lowest BCUT2D eigenvalue weighted by Gasteiger charge is -1.99. The Morgan fingerprint density at radius 1 is 0.864 bits per heavy atom. The number of aromatic amines is 1. The minimum Gasteiger partial charge on any atom is -0.344 e. The first-order valence-corrected chi connectivity index (χ1v) is 6.89. The van der Waals surface area contributed by atoms with Crippen molar-refractivity contribution in [3.05, 3.63) is 57.9 Å². The molecule has 0 radical (unpaired) electrons. The van der Waals surface area contributed by atoms with Crippen LogP contribution >= 0.6 is 59.6 Å². The molecule has 0 bridgehead atoms. The minimum absolute atomic E-state index is 0. The van der Waals surface area contributed by atoms with Crippen molar-refractivity contribution in [2.45, 2.75) is 0 Å². The number of pyridine rings is 1. The van der Waals surface area contributed by atoms with Gasteiger partial charge >= 0.3 is 0 Å². The number of imidazole rings is 1. The Labute approximate surface area is 154 Å². The van der Waals surface area contributed by atoms with Gasteiger partial charge in [0.2, 0.25) is 0 Å². The smallest absolute Gasteiger partial charge is 0.139 e. The first-order valence-electron chi connectivity index (χ1n) is 5.76. The zero-order chi connectivity index (χ0) is 14.1. The van der Waals surface area contributed by atoms with Crippen LogP contribution in [0.5, 0.6) is 0 Å². The highest BCUT2D eigenvalue weighted by atomic mass is 35.5. The van der Waals surface area contributed by atoms with E-state index in [0.717, 1.165) is 22.6 Å². The topological polar surface area (TPSA) is 41.6 Å². The van der Waals surface area contributed by atoms with Crippen LogP contribution in [0.1, 0.15) is 0 Å². The molecule has 3 nitrogen and oxygen atoms in total. The average Bonchev–Trinajstić information content (AvgIpc) is 2.92. The van der Waals surface area contributed by atoms with Crippen molar-refractivity contribution in [2.24, 2.45) is 0 Å². The van der Waals surface area contributed by atoms with Gasteiger partial charge in [0.15, 0.2) is 0 Å². The van der Waals surface area contributed by atoms with Gasteiger partial charge in [-0.3, -0.25) is 0 Å². The summed E-state index contributed by atoms with van der Waals surface area (Å²) in [6.45, 7) is 0.